The minimum atomic E-state index is -1.15. The number of ether oxygens (including phenoxy) is 2. The van der Waals surface area contributed by atoms with E-state index in [-0.39, 0.29) is 12.7 Å². The predicted octanol–water partition coefficient (Wildman–Crippen LogP) is 2.22. The van der Waals surface area contributed by atoms with Crippen molar-refractivity contribution >= 4 is 17.6 Å². The minimum absolute atomic E-state index is 0.143. The number of nitrogens with zero attached hydrogens (tertiary/aromatic N) is 2. The molecule has 9 nitrogen and oxygen atoms in total. The van der Waals surface area contributed by atoms with E-state index < -0.39 is 29.2 Å². The summed E-state index contributed by atoms with van der Waals surface area (Å²) in [5.74, 6) is -1.57. The molecule has 2 aliphatic rings. The van der Waals surface area contributed by atoms with Crippen molar-refractivity contribution in [3.8, 4) is 0 Å². The Morgan fingerprint density at radius 1 is 1.00 bits per heavy atom. The summed E-state index contributed by atoms with van der Waals surface area (Å²) < 4.78 is 10.5. The Labute approximate surface area is 211 Å². The zero-order valence-electron chi connectivity index (χ0n) is 22.2. The molecule has 202 valence electrons. The lowest BCUT2D eigenvalue weighted by molar-refractivity contribution is -0.158. The molecule has 0 aliphatic heterocycles. The quantitative estimate of drug-likeness (QED) is 0.234. The summed E-state index contributed by atoms with van der Waals surface area (Å²) in [5, 5.41) is 3.49. The number of unbranched alkanes of at least 4 members (excludes halogenated alkanes) is 1. The first-order chi connectivity index (χ1) is 16.9. The van der Waals surface area contributed by atoms with E-state index in [1.807, 2.05) is 4.90 Å². The summed E-state index contributed by atoms with van der Waals surface area (Å²) in [5.41, 5.74) is 4.83. The second-order valence-electron chi connectivity index (χ2n) is 10.1. The van der Waals surface area contributed by atoms with Crippen LogP contribution in [0.3, 0.4) is 0 Å². The van der Waals surface area contributed by atoms with Gasteiger partial charge in [0.1, 0.15) is 5.54 Å². The summed E-state index contributed by atoms with van der Waals surface area (Å²) in [7, 11) is 3.25. The Kier molecular flexibility index (Phi) is 13.2. The Morgan fingerprint density at radius 3 is 2.11 bits per heavy atom. The molecule has 0 aromatic heterocycles. The maximum atomic E-state index is 14.0. The number of hydrogen-bond acceptors (Lipinski definition) is 7. The van der Waals surface area contributed by atoms with E-state index in [1.165, 1.54) is 4.90 Å². The lowest BCUT2D eigenvalue weighted by atomic mass is 9.79. The summed E-state index contributed by atoms with van der Waals surface area (Å²) >= 11 is 0. The highest BCUT2D eigenvalue weighted by atomic mass is 16.5. The van der Waals surface area contributed by atoms with Crippen LogP contribution in [0.15, 0.2) is 0 Å². The largest absolute Gasteiger partial charge is 0.383 e. The van der Waals surface area contributed by atoms with Crippen molar-refractivity contribution in [3.63, 3.8) is 0 Å². The fourth-order valence-electron chi connectivity index (χ4n) is 5.43. The molecule has 1 atom stereocenters. The van der Waals surface area contributed by atoms with E-state index in [2.05, 4.69) is 12.2 Å². The molecular weight excluding hydrogens is 448 g/mol. The number of primary amides is 1. The third-order valence-corrected chi connectivity index (χ3v) is 7.63. The molecule has 0 aromatic rings. The van der Waals surface area contributed by atoms with Gasteiger partial charge < -0.3 is 25.4 Å². The maximum Gasteiger partial charge on any atom is 0.293 e. The first-order valence-corrected chi connectivity index (χ1v) is 13.5. The van der Waals surface area contributed by atoms with E-state index in [0.717, 1.165) is 57.8 Å². The number of carbonyl (C=O) groups is 3. The number of amides is 2. The van der Waals surface area contributed by atoms with Crippen LogP contribution >= 0.6 is 0 Å². The van der Waals surface area contributed by atoms with Crippen molar-refractivity contribution in [3.05, 3.63) is 0 Å². The lowest BCUT2D eigenvalue weighted by Crippen LogP contribution is -2.65. The minimum Gasteiger partial charge on any atom is -0.383 e. The number of carbonyl (C=O) groups excluding carboxylic acids is 3. The molecule has 3 N–H and O–H groups in total. The number of nitrogens with one attached hydrogen (secondary N) is 1. The number of hydrogen-bond donors (Lipinski definition) is 2. The zero-order valence-corrected chi connectivity index (χ0v) is 22.2. The molecule has 0 radical (unpaired) electrons. The number of ketones is 1. The fourth-order valence-corrected chi connectivity index (χ4v) is 5.43. The molecule has 0 unspecified atom stereocenters. The number of Topliss-reactive ketones (excluding diaryl/α,β-unsaturated/α-hetero) is 1. The van der Waals surface area contributed by atoms with Gasteiger partial charge in [-0.2, -0.15) is 0 Å². The van der Waals surface area contributed by atoms with Crippen LogP contribution in [0.2, 0.25) is 0 Å². The van der Waals surface area contributed by atoms with E-state index in [0.29, 0.717) is 45.6 Å². The topological polar surface area (TPSA) is 114 Å². The predicted molar refractivity (Wildman–Crippen MR) is 136 cm³/mol. The second-order valence-corrected chi connectivity index (χ2v) is 10.1. The molecule has 0 saturated heterocycles. The zero-order chi connectivity index (χ0) is 25.7. The van der Waals surface area contributed by atoms with Gasteiger partial charge in [-0.05, 0) is 32.1 Å². The van der Waals surface area contributed by atoms with Crippen LogP contribution in [-0.4, -0.2) is 92.2 Å². The number of nitrogens with two attached hydrogens (primary N) is 1. The Morgan fingerprint density at radius 2 is 1.60 bits per heavy atom. The van der Waals surface area contributed by atoms with Gasteiger partial charge in [0.2, 0.25) is 11.7 Å². The molecule has 2 amide bonds. The van der Waals surface area contributed by atoms with Gasteiger partial charge in [-0.25, -0.2) is 0 Å². The molecular formula is C26H48N4O5. The van der Waals surface area contributed by atoms with E-state index in [9.17, 15) is 14.4 Å². The highest BCUT2D eigenvalue weighted by Gasteiger charge is 2.48. The van der Waals surface area contributed by atoms with Crippen molar-refractivity contribution < 1.29 is 23.9 Å². The van der Waals surface area contributed by atoms with Gasteiger partial charge in [0.25, 0.3) is 5.91 Å². The smallest absolute Gasteiger partial charge is 0.293 e. The SMILES string of the molecule is CCCC[C@H](NC1CCCC1)C(=O)C(=O)N(CN(CCOC)CCOC)C1(C(N)=O)CCCCC1. The summed E-state index contributed by atoms with van der Waals surface area (Å²) in [6.45, 7) is 4.25. The first-order valence-electron chi connectivity index (χ1n) is 13.5. The summed E-state index contributed by atoms with van der Waals surface area (Å²) in [6.07, 6.45) is 10.3. The monoisotopic (exact) mass is 496 g/mol. The molecule has 9 heteroatoms. The average Bonchev–Trinajstić information content (AvgIpc) is 3.38. The standard InChI is InChI=1S/C26H48N4O5/c1-4-5-13-22(28-21-11-7-8-12-21)23(31)24(32)30(20-29(16-18-34-2)17-19-35-3)26(25(27)33)14-9-6-10-15-26/h21-22,28H,4-20H2,1-3H3,(H2,27,33)/t22-/m0/s1. The Balaban J connectivity index is 2.34. The second kappa shape index (κ2) is 15.5. The van der Waals surface area contributed by atoms with Crippen molar-refractivity contribution in [2.45, 2.75) is 102 Å². The van der Waals surface area contributed by atoms with Crippen molar-refractivity contribution in [2.75, 3.05) is 47.2 Å². The molecule has 0 heterocycles. The van der Waals surface area contributed by atoms with Gasteiger partial charge in [-0.15, -0.1) is 0 Å². The molecule has 2 saturated carbocycles. The van der Waals surface area contributed by atoms with E-state index >= 15 is 0 Å². The molecule has 2 aliphatic carbocycles. The van der Waals surface area contributed by atoms with E-state index in [1.54, 1.807) is 14.2 Å². The van der Waals surface area contributed by atoms with E-state index in [4.69, 9.17) is 15.2 Å². The van der Waals surface area contributed by atoms with Gasteiger partial charge in [-0.3, -0.25) is 19.3 Å². The van der Waals surface area contributed by atoms with Crippen LogP contribution in [0.1, 0.15) is 84.0 Å². The van der Waals surface area contributed by atoms with Crippen molar-refractivity contribution in [1.82, 2.24) is 15.1 Å². The number of rotatable bonds is 17. The third-order valence-electron chi connectivity index (χ3n) is 7.63. The van der Waals surface area contributed by atoms with Gasteiger partial charge in [0.15, 0.2) is 0 Å². The van der Waals surface area contributed by atoms with Crippen LogP contribution in [0.4, 0.5) is 0 Å². The Bertz CT molecular complexity index is 654. The van der Waals surface area contributed by atoms with Gasteiger partial charge in [0, 0.05) is 33.4 Å². The maximum absolute atomic E-state index is 14.0. The van der Waals surface area contributed by atoms with Gasteiger partial charge >= 0.3 is 0 Å². The molecule has 0 spiro atoms. The molecule has 0 bridgehead atoms. The summed E-state index contributed by atoms with van der Waals surface area (Å²) in [6, 6.07) is -0.269. The van der Waals surface area contributed by atoms with Crippen molar-refractivity contribution in [2.24, 2.45) is 5.73 Å². The highest BCUT2D eigenvalue weighted by Crippen LogP contribution is 2.34. The molecule has 35 heavy (non-hydrogen) atoms. The Hall–Kier alpha value is -1.55. The summed E-state index contributed by atoms with van der Waals surface area (Å²) in [4.78, 5) is 44.1. The van der Waals surface area contributed by atoms with Gasteiger partial charge in [0.05, 0.1) is 25.9 Å². The first kappa shape index (κ1) is 29.7. The lowest BCUT2D eigenvalue weighted by Gasteiger charge is -2.46. The molecule has 2 rings (SSSR count). The highest BCUT2D eigenvalue weighted by molar-refractivity contribution is 6.38. The molecule has 2 fully saturated rings. The van der Waals surface area contributed by atoms with Crippen LogP contribution in [0.25, 0.3) is 0 Å². The van der Waals surface area contributed by atoms with Crippen LogP contribution in [-0.2, 0) is 23.9 Å². The molecule has 0 aromatic carbocycles. The van der Waals surface area contributed by atoms with Crippen LogP contribution < -0.4 is 11.1 Å². The third kappa shape index (κ3) is 8.51. The normalized spacial score (nSPS) is 19.1. The van der Waals surface area contributed by atoms with Crippen LogP contribution in [0.5, 0.6) is 0 Å². The number of methoxy groups -OCH3 is 2. The van der Waals surface area contributed by atoms with Gasteiger partial charge in [-0.1, -0.05) is 51.9 Å². The average molecular weight is 497 g/mol. The van der Waals surface area contributed by atoms with Crippen molar-refractivity contribution in [1.29, 1.82) is 0 Å². The fraction of sp³-hybridized carbons (Fsp3) is 0.885. The van der Waals surface area contributed by atoms with Crippen LogP contribution in [0, 0.1) is 0 Å².